The normalized spacial score (nSPS) is 18.5. The highest BCUT2D eigenvalue weighted by atomic mass is 16.5. The summed E-state index contributed by atoms with van der Waals surface area (Å²) in [6.45, 7) is 8.39. The number of amides is 1. The summed E-state index contributed by atoms with van der Waals surface area (Å²) in [5.41, 5.74) is 10.5. The van der Waals surface area contributed by atoms with Gasteiger partial charge in [-0.1, -0.05) is 18.7 Å². The highest BCUT2D eigenvalue weighted by Gasteiger charge is 2.50. The molecule has 3 heterocycles. The van der Waals surface area contributed by atoms with E-state index in [1.165, 1.54) is 0 Å². The first-order valence-electron chi connectivity index (χ1n) is 11.9. The number of aliphatic imine (C=N–C) groups is 1. The Hall–Kier alpha value is -3.65. The molecule has 182 valence electrons. The predicted molar refractivity (Wildman–Crippen MR) is 136 cm³/mol. The molecule has 0 atom stereocenters. The van der Waals surface area contributed by atoms with Crippen LogP contribution in [0.25, 0.3) is 5.57 Å². The van der Waals surface area contributed by atoms with E-state index in [0.717, 1.165) is 66.3 Å². The first-order chi connectivity index (χ1) is 16.9. The third kappa shape index (κ3) is 4.93. The summed E-state index contributed by atoms with van der Waals surface area (Å²) in [6, 6.07) is 7.97. The molecule has 4 N–H and O–H groups in total. The van der Waals surface area contributed by atoms with E-state index >= 15 is 0 Å². The smallest absolute Gasteiger partial charge is 0.251 e. The minimum absolute atomic E-state index is 0.0206. The van der Waals surface area contributed by atoms with Crippen LogP contribution in [0.5, 0.6) is 5.75 Å². The van der Waals surface area contributed by atoms with E-state index in [1.807, 2.05) is 43.5 Å². The van der Waals surface area contributed by atoms with E-state index in [9.17, 15) is 4.79 Å². The van der Waals surface area contributed by atoms with E-state index in [-0.39, 0.29) is 17.8 Å². The summed E-state index contributed by atoms with van der Waals surface area (Å²) < 4.78 is 11.3. The molecule has 1 aliphatic carbocycles. The largest absolute Gasteiger partial charge is 0.492 e. The van der Waals surface area contributed by atoms with Gasteiger partial charge in [0.05, 0.1) is 19.8 Å². The topological polar surface area (TPSA) is 111 Å². The molecule has 2 fully saturated rings. The Balaban J connectivity index is 1.23. The number of aromatic nitrogens is 1. The number of benzene rings is 1. The van der Waals surface area contributed by atoms with Crippen LogP contribution in [0.4, 0.5) is 5.82 Å². The zero-order valence-corrected chi connectivity index (χ0v) is 20.0. The van der Waals surface area contributed by atoms with Gasteiger partial charge >= 0.3 is 0 Å². The van der Waals surface area contributed by atoms with Gasteiger partial charge in [0, 0.05) is 53.5 Å². The Kier molecular flexibility index (Phi) is 6.30. The molecule has 35 heavy (non-hydrogen) atoms. The first kappa shape index (κ1) is 23.1. The molecule has 3 aliphatic rings. The average molecular weight is 474 g/mol. The summed E-state index contributed by atoms with van der Waals surface area (Å²) in [7, 11) is 0. The summed E-state index contributed by atoms with van der Waals surface area (Å²) in [4.78, 5) is 21.4. The number of allylic oxidation sites excluding steroid dienone is 2. The van der Waals surface area contributed by atoms with Gasteiger partial charge in [0.1, 0.15) is 17.4 Å². The van der Waals surface area contributed by atoms with Crippen LogP contribution in [0.2, 0.25) is 0 Å². The third-order valence-corrected chi connectivity index (χ3v) is 6.88. The Morgan fingerprint density at radius 2 is 2.20 bits per heavy atom. The van der Waals surface area contributed by atoms with Crippen molar-refractivity contribution in [1.29, 1.82) is 0 Å². The molecule has 1 saturated carbocycles. The maximum absolute atomic E-state index is 12.7. The summed E-state index contributed by atoms with van der Waals surface area (Å²) >= 11 is 0. The molecule has 0 radical (unpaired) electrons. The van der Waals surface area contributed by atoms with Crippen LogP contribution in [-0.2, 0) is 17.7 Å². The molecule has 1 aromatic heterocycles. The lowest BCUT2D eigenvalue weighted by Gasteiger charge is -2.53. The van der Waals surface area contributed by atoms with E-state index < -0.39 is 0 Å². The number of nitrogens with two attached hydrogens (primary N) is 1. The fourth-order valence-corrected chi connectivity index (χ4v) is 4.95. The van der Waals surface area contributed by atoms with Crippen molar-refractivity contribution in [1.82, 2.24) is 10.3 Å². The van der Waals surface area contributed by atoms with Crippen molar-refractivity contribution in [2.24, 2.45) is 16.1 Å². The van der Waals surface area contributed by atoms with Gasteiger partial charge in [-0.3, -0.25) is 4.79 Å². The zero-order valence-electron chi connectivity index (χ0n) is 20.0. The highest BCUT2D eigenvalue weighted by molar-refractivity contribution is 5.94. The fourth-order valence-electron chi connectivity index (χ4n) is 4.95. The highest BCUT2D eigenvalue weighted by Crippen LogP contribution is 2.46. The number of fused-ring (bicyclic) bond motifs is 1. The molecule has 1 saturated heterocycles. The van der Waals surface area contributed by atoms with E-state index in [4.69, 9.17) is 15.2 Å². The molecule has 1 spiro atoms. The molecule has 5 rings (SSSR count). The van der Waals surface area contributed by atoms with Crippen LogP contribution in [0, 0.1) is 5.41 Å². The minimum atomic E-state index is -0.0206. The van der Waals surface area contributed by atoms with Gasteiger partial charge in [-0.25, -0.2) is 9.98 Å². The molecule has 0 bridgehead atoms. The van der Waals surface area contributed by atoms with E-state index in [2.05, 4.69) is 27.2 Å². The second kappa shape index (κ2) is 9.54. The number of ether oxygens (including phenoxy) is 2. The lowest BCUT2D eigenvalue weighted by atomic mass is 9.64. The van der Waals surface area contributed by atoms with Gasteiger partial charge in [-0.2, -0.15) is 0 Å². The van der Waals surface area contributed by atoms with Crippen LogP contribution >= 0.6 is 0 Å². The predicted octanol–water partition coefficient (Wildman–Crippen LogP) is 3.44. The average Bonchev–Trinajstić information content (AvgIpc) is 3.28. The molecule has 2 aromatic rings. The number of nitrogens with zero attached hydrogens (tertiary/aromatic N) is 2. The van der Waals surface area contributed by atoms with Crippen molar-refractivity contribution >= 4 is 23.5 Å². The van der Waals surface area contributed by atoms with Crippen molar-refractivity contribution < 1.29 is 14.3 Å². The van der Waals surface area contributed by atoms with Gasteiger partial charge in [0.15, 0.2) is 0 Å². The van der Waals surface area contributed by atoms with Crippen molar-refractivity contribution in [3.63, 3.8) is 0 Å². The summed E-state index contributed by atoms with van der Waals surface area (Å²) in [6.07, 6.45) is 8.11. The Morgan fingerprint density at radius 3 is 2.94 bits per heavy atom. The monoisotopic (exact) mass is 473 g/mol. The maximum Gasteiger partial charge on any atom is 0.251 e. The molecule has 1 amide bonds. The van der Waals surface area contributed by atoms with Gasteiger partial charge in [0.2, 0.25) is 0 Å². The molecule has 0 unspecified atom stereocenters. The van der Waals surface area contributed by atoms with E-state index in [0.29, 0.717) is 24.1 Å². The number of carbonyl (C=O) groups is 1. The molecule has 8 heteroatoms. The Labute approximate surface area is 205 Å². The second-order valence-electron chi connectivity index (χ2n) is 9.67. The first-order valence-corrected chi connectivity index (χ1v) is 11.9. The van der Waals surface area contributed by atoms with Crippen LogP contribution in [0.3, 0.4) is 0 Å². The fraction of sp³-hybridized carbons (Fsp3) is 0.370. The van der Waals surface area contributed by atoms with Gasteiger partial charge < -0.3 is 25.8 Å². The lowest BCUT2D eigenvalue weighted by molar-refractivity contribution is -0.165. The van der Waals surface area contributed by atoms with Crippen LogP contribution < -0.4 is 21.1 Å². The number of carbonyl (C=O) groups excluding carboxylic acids is 1. The summed E-state index contributed by atoms with van der Waals surface area (Å²) in [5.74, 6) is 1.89. The van der Waals surface area contributed by atoms with Gasteiger partial charge in [-0.05, 0) is 49.1 Å². The molecular formula is C27H31N5O3. The van der Waals surface area contributed by atoms with Crippen LogP contribution in [-0.4, -0.2) is 43.0 Å². The second-order valence-corrected chi connectivity index (χ2v) is 9.67. The number of nitrogens with one attached hydrogen (secondary N) is 2. The van der Waals surface area contributed by atoms with Crippen LogP contribution in [0.1, 0.15) is 46.8 Å². The molecular weight excluding hydrogens is 442 g/mol. The molecule has 2 aliphatic heterocycles. The lowest BCUT2D eigenvalue weighted by Crippen LogP contribution is -2.59. The standard InChI is InChI=1S/C27H31N5O3/c1-17(6-8-29-18(2)28)23-14-31-25(22-7-9-35-24(22)23)30-13-19-4-3-5-20(10-19)26(33)32-21-11-27(12-21)15-34-16-27/h3-6,8,10,14,21H,2,7,9,11-13,15-16,28H2,1H3,(H,30,31)(H,32,33)/b17-6+,29-8-. The van der Waals surface area contributed by atoms with Crippen molar-refractivity contribution in [3.8, 4) is 5.75 Å². The minimum Gasteiger partial charge on any atom is -0.492 e. The molecule has 1 aromatic carbocycles. The quantitative estimate of drug-likeness (QED) is 0.507. The van der Waals surface area contributed by atoms with Gasteiger partial charge in [0.25, 0.3) is 5.91 Å². The Morgan fingerprint density at radius 1 is 1.37 bits per heavy atom. The number of pyridine rings is 1. The maximum atomic E-state index is 12.7. The number of rotatable bonds is 8. The van der Waals surface area contributed by atoms with Gasteiger partial charge in [-0.15, -0.1) is 0 Å². The number of hydrogen-bond donors (Lipinski definition) is 3. The zero-order chi connectivity index (χ0) is 24.4. The Bertz CT molecular complexity index is 1210. The number of hydrogen-bond acceptors (Lipinski definition) is 7. The van der Waals surface area contributed by atoms with Crippen LogP contribution in [0.15, 0.2) is 53.9 Å². The van der Waals surface area contributed by atoms with Crippen molar-refractivity contribution in [2.45, 2.75) is 38.8 Å². The van der Waals surface area contributed by atoms with Crippen molar-refractivity contribution in [3.05, 3.63) is 71.2 Å². The van der Waals surface area contributed by atoms with Crippen molar-refractivity contribution in [2.75, 3.05) is 25.1 Å². The third-order valence-electron chi connectivity index (χ3n) is 6.88. The van der Waals surface area contributed by atoms with E-state index in [1.54, 1.807) is 6.21 Å². The molecule has 8 nitrogen and oxygen atoms in total. The summed E-state index contributed by atoms with van der Waals surface area (Å²) in [5, 5.41) is 6.59. The SMILES string of the molecule is C=C(N)/N=C\C=C(/C)c1cnc(NCc2cccc(C(=O)NC3CC4(COC4)C3)c2)c2c1OCC2. The number of anilines is 1.